The number of alkyl carbamates (subject to hydrolysis) is 1. The lowest BCUT2D eigenvalue weighted by atomic mass is 9.93. The second-order valence-electron chi connectivity index (χ2n) is 12.9. The predicted octanol–water partition coefficient (Wildman–Crippen LogP) is 5.98. The molecule has 1 aliphatic rings. The van der Waals surface area contributed by atoms with E-state index in [9.17, 15) is 24.0 Å². The summed E-state index contributed by atoms with van der Waals surface area (Å²) in [4.78, 5) is 71.0. The number of rotatable bonds is 10. The third-order valence-electron chi connectivity index (χ3n) is 7.96. The lowest BCUT2D eigenvalue weighted by Gasteiger charge is -2.20. The van der Waals surface area contributed by atoms with Crippen molar-refractivity contribution in [1.29, 1.82) is 0 Å². The van der Waals surface area contributed by atoms with Gasteiger partial charge in [-0.2, -0.15) is 0 Å². The first kappa shape index (κ1) is 37.5. The quantitative estimate of drug-likeness (QED) is 0.143. The van der Waals surface area contributed by atoms with Gasteiger partial charge in [0.25, 0.3) is 17.7 Å². The number of hydrogen-bond acceptors (Lipinski definition) is 10. The van der Waals surface area contributed by atoms with E-state index in [1.807, 2.05) is 18.4 Å². The summed E-state index contributed by atoms with van der Waals surface area (Å²) >= 11 is 1.52. The van der Waals surface area contributed by atoms with Crippen LogP contribution < -0.4 is 26.0 Å². The molecular formula is C38H41N5O8S. The molecule has 4 aromatic rings. The van der Waals surface area contributed by atoms with Crippen LogP contribution in [0.25, 0.3) is 21.6 Å². The second-order valence-corrected chi connectivity index (χ2v) is 13.8. The van der Waals surface area contributed by atoms with Crippen LogP contribution in [0, 0.1) is 0 Å². The van der Waals surface area contributed by atoms with Gasteiger partial charge in [-0.15, -0.1) is 11.3 Å². The van der Waals surface area contributed by atoms with Crippen LogP contribution in [0.1, 0.15) is 86.9 Å². The standard InChI is InChI=1S/C38H41N5O8S/c1-7-14-40-35(46)29-11-9-23(31(42-29)36(47)49-6)24-19-30-27(32-22(12-15-50-30)13-16-52-32)18-25(24)34(45)43-28-10-8-21(17-26(28)33(44)39-5)20-41-37(48)51-38(2,3)4/h8-11,13,16-19H,7,12,14-15,20H2,1-6H3,(H,39,44)(H,40,46)(H,41,48)(H,43,45). The number of amides is 4. The molecule has 2 aromatic carbocycles. The lowest BCUT2D eigenvalue weighted by molar-refractivity contribution is 0.0521. The molecule has 0 bridgehead atoms. The highest BCUT2D eigenvalue weighted by molar-refractivity contribution is 7.13. The molecular weight excluding hydrogens is 687 g/mol. The van der Waals surface area contributed by atoms with Gasteiger partial charge >= 0.3 is 12.1 Å². The van der Waals surface area contributed by atoms with Gasteiger partial charge in [-0.3, -0.25) is 14.4 Å². The Labute approximate surface area is 305 Å². The molecule has 5 rings (SSSR count). The van der Waals surface area contributed by atoms with Gasteiger partial charge in [0, 0.05) is 53.7 Å². The molecule has 0 aliphatic carbocycles. The molecule has 0 saturated heterocycles. The number of methoxy groups -OCH3 is 1. The normalized spacial score (nSPS) is 11.9. The number of carbonyl (C=O) groups is 5. The number of nitrogens with zero attached hydrogens (tertiary/aromatic N) is 1. The van der Waals surface area contributed by atoms with Gasteiger partial charge in [0.05, 0.1) is 25.0 Å². The van der Waals surface area contributed by atoms with E-state index in [-0.39, 0.29) is 40.3 Å². The van der Waals surface area contributed by atoms with Crippen LogP contribution in [0.3, 0.4) is 0 Å². The van der Waals surface area contributed by atoms with Crippen molar-refractivity contribution in [3.8, 4) is 27.3 Å². The maximum Gasteiger partial charge on any atom is 0.407 e. The number of pyridine rings is 1. The lowest BCUT2D eigenvalue weighted by Crippen LogP contribution is -2.32. The van der Waals surface area contributed by atoms with Gasteiger partial charge in [0.15, 0.2) is 5.69 Å². The Kier molecular flexibility index (Phi) is 11.6. The van der Waals surface area contributed by atoms with Crippen LogP contribution in [0.4, 0.5) is 10.5 Å². The van der Waals surface area contributed by atoms with E-state index in [1.165, 1.54) is 31.6 Å². The first-order valence-corrected chi connectivity index (χ1v) is 17.6. The minimum atomic E-state index is -0.805. The summed E-state index contributed by atoms with van der Waals surface area (Å²) in [5.41, 5.74) is 2.54. The molecule has 3 heterocycles. The molecule has 14 heteroatoms. The van der Waals surface area contributed by atoms with Crippen LogP contribution in [-0.4, -0.2) is 67.7 Å². The van der Waals surface area contributed by atoms with Crippen molar-refractivity contribution in [2.75, 3.05) is 32.6 Å². The van der Waals surface area contributed by atoms with Crippen LogP contribution in [-0.2, 0) is 22.4 Å². The molecule has 0 fully saturated rings. The predicted molar refractivity (Wildman–Crippen MR) is 197 cm³/mol. The molecule has 0 radical (unpaired) electrons. The third-order valence-corrected chi connectivity index (χ3v) is 8.95. The van der Waals surface area contributed by atoms with Crippen LogP contribution in [0.5, 0.6) is 5.75 Å². The second kappa shape index (κ2) is 16.1. The Morgan fingerprint density at radius 2 is 1.69 bits per heavy atom. The Bertz CT molecular complexity index is 2030. The summed E-state index contributed by atoms with van der Waals surface area (Å²) in [6, 6.07) is 13.2. The average molecular weight is 728 g/mol. The highest BCUT2D eigenvalue weighted by Gasteiger charge is 2.28. The molecule has 0 unspecified atom stereocenters. The monoisotopic (exact) mass is 727 g/mol. The summed E-state index contributed by atoms with van der Waals surface area (Å²) in [6.45, 7) is 8.07. The highest BCUT2D eigenvalue weighted by Crippen LogP contribution is 2.43. The third kappa shape index (κ3) is 8.57. The molecule has 13 nitrogen and oxygen atoms in total. The molecule has 52 heavy (non-hydrogen) atoms. The molecule has 0 atom stereocenters. The van der Waals surface area contributed by atoms with Crippen molar-refractivity contribution in [3.05, 3.63) is 87.6 Å². The van der Waals surface area contributed by atoms with E-state index < -0.39 is 35.4 Å². The minimum Gasteiger partial charge on any atom is -0.493 e. The van der Waals surface area contributed by atoms with Crippen molar-refractivity contribution < 1.29 is 38.2 Å². The number of benzene rings is 2. The van der Waals surface area contributed by atoms with Crippen molar-refractivity contribution in [2.45, 2.75) is 52.7 Å². The Morgan fingerprint density at radius 3 is 2.40 bits per heavy atom. The fourth-order valence-corrected chi connectivity index (χ4v) is 6.50. The van der Waals surface area contributed by atoms with E-state index in [0.717, 1.165) is 10.4 Å². The number of ether oxygens (including phenoxy) is 3. The summed E-state index contributed by atoms with van der Waals surface area (Å²) in [6.07, 6.45) is 0.752. The van der Waals surface area contributed by atoms with Crippen LogP contribution in [0.2, 0.25) is 0 Å². The number of anilines is 1. The number of aromatic nitrogens is 1. The van der Waals surface area contributed by atoms with E-state index >= 15 is 0 Å². The topological polar surface area (TPSA) is 174 Å². The van der Waals surface area contributed by atoms with Gasteiger partial charge in [-0.1, -0.05) is 13.0 Å². The van der Waals surface area contributed by atoms with Gasteiger partial charge in [0.2, 0.25) is 0 Å². The SMILES string of the molecule is CCCNC(=O)c1ccc(-c2cc3c(cc2C(=O)Nc2ccc(CNC(=O)OC(C)(C)C)cc2C(=O)NC)-c2sccc2CCO3)c(C(=O)OC)n1. The van der Waals surface area contributed by atoms with Crippen molar-refractivity contribution in [2.24, 2.45) is 0 Å². The molecule has 272 valence electrons. The Balaban J connectivity index is 1.60. The summed E-state index contributed by atoms with van der Waals surface area (Å²) in [7, 11) is 2.67. The Hall–Kier alpha value is -5.76. The van der Waals surface area contributed by atoms with Crippen molar-refractivity contribution >= 4 is 46.8 Å². The number of thiophene rings is 1. The minimum absolute atomic E-state index is 0.00862. The number of hydrogen-bond donors (Lipinski definition) is 4. The van der Waals surface area contributed by atoms with Crippen LogP contribution in [0.15, 0.2) is 53.9 Å². The zero-order valence-electron chi connectivity index (χ0n) is 29.9. The maximum absolute atomic E-state index is 14.4. The molecule has 4 N–H and O–H groups in total. The van der Waals surface area contributed by atoms with Gasteiger partial charge < -0.3 is 35.5 Å². The molecule has 0 spiro atoms. The van der Waals surface area contributed by atoms with Gasteiger partial charge in [-0.05, 0) is 86.2 Å². The van der Waals surface area contributed by atoms with E-state index in [4.69, 9.17) is 14.2 Å². The largest absolute Gasteiger partial charge is 0.493 e. The van der Waals surface area contributed by atoms with Crippen molar-refractivity contribution in [3.63, 3.8) is 0 Å². The van der Waals surface area contributed by atoms with E-state index in [1.54, 1.807) is 57.2 Å². The highest BCUT2D eigenvalue weighted by atomic mass is 32.1. The molecule has 4 amide bonds. The summed E-state index contributed by atoms with van der Waals surface area (Å²) in [5.74, 6) is -1.83. The zero-order chi connectivity index (χ0) is 37.6. The van der Waals surface area contributed by atoms with E-state index in [2.05, 4.69) is 26.3 Å². The van der Waals surface area contributed by atoms with Crippen molar-refractivity contribution in [1.82, 2.24) is 20.9 Å². The average Bonchev–Trinajstić information content (AvgIpc) is 3.52. The smallest absolute Gasteiger partial charge is 0.407 e. The zero-order valence-corrected chi connectivity index (χ0v) is 30.7. The molecule has 1 aliphatic heterocycles. The fraction of sp³-hybridized carbons (Fsp3) is 0.316. The summed E-state index contributed by atoms with van der Waals surface area (Å²) in [5, 5.41) is 12.9. The van der Waals surface area contributed by atoms with Gasteiger partial charge in [-0.25, -0.2) is 14.6 Å². The first-order valence-electron chi connectivity index (χ1n) is 16.7. The molecule has 0 saturated carbocycles. The van der Waals surface area contributed by atoms with Gasteiger partial charge in [0.1, 0.15) is 17.0 Å². The number of esters is 1. The van der Waals surface area contributed by atoms with E-state index in [0.29, 0.717) is 48.4 Å². The number of carbonyl (C=O) groups excluding carboxylic acids is 5. The Morgan fingerprint density at radius 1 is 0.904 bits per heavy atom. The fourth-order valence-electron chi connectivity index (χ4n) is 5.52. The maximum atomic E-state index is 14.4. The summed E-state index contributed by atoms with van der Waals surface area (Å²) < 4.78 is 16.5. The number of fused-ring (bicyclic) bond motifs is 3. The first-order chi connectivity index (χ1) is 24.8. The van der Waals surface area contributed by atoms with Crippen LogP contribution >= 0.6 is 11.3 Å². The molecule has 2 aromatic heterocycles. The number of nitrogens with one attached hydrogen (secondary N) is 4.